The number of unbranched alkanes of at least 4 members (excludes halogenated alkanes) is 1. The number of hydrogen-bond acceptors (Lipinski definition) is 5. The van der Waals surface area contributed by atoms with Crippen LogP contribution in [0.1, 0.15) is 39.3 Å². The van der Waals surface area contributed by atoms with E-state index in [1.54, 1.807) is 6.21 Å². The molecule has 0 aliphatic rings. The summed E-state index contributed by atoms with van der Waals surface area (Å²) < 4.78 is 0. The minimum absolute atomic E-state index is 0.494. The molecule has 0 aliphatic carbocycles. The van der Waals surface area contributed by atoms with Gasteiger partial charge in [0.2, 0.25) is 0 Å². The third kappa shape index (κ3) is 6.29. The number of fused-ring (bicyclic) bond motifs is 1. The lowest BCUT2D eigenvalue weighted by Gasteiger charge is -2.20. The van der Waals surface area contributed by atoms with Gasteiger partial charge in [-0.3, -0.25) is 9.98 Å². The van der Waals surface area contributed by atoms with Crippen LogP contribution in [0.4, 0.5) is 5.69 Å². The molecule has 2 aromatic rings. The van der Waals surface area contributed by atoms with E-state index in [1.165, 1.54) is 6.20 Å². The molecule has 0 unspecified atom stereocenters. The van der Waals surface area contributed by atoms with E-state index in [0.29, 0.717) is 6.04 Å². The number of hydrogen-bond donors (Lipinski definition) is 1. The molecule has 0 spiro atoms. The predicted octanol–water partition coefficient (Wildman–Crippen LogP) is 4.46. The molecular weight excluding hydrogens is 334 g/mol. The molecule has 0 fully saturated rings. The maximum Gasteiger partial charge on any atom is 0.0914 e. The highest BCUT2D eigenvalue weighted by Gasteiger charge is 2.07. The Labute approximate surface area is 162 Å². The summed E-state index contributed by atoms with van der Waals surface area (Å²) in [5.74, 6) is 0. The first kappa shape index (κ1) is 20.8. The van der Waals surface area contributed by atoms with Gasteiger partial charge in [0.1, 0.15) is 0 Å². The average Bonchev–Trinajstić information content (AvgIpc) is 2.67. The van der Waals surface area contributed by atoms with Gasteiger partial charge < -0.3 is 10.2 Å². The molecule has 0 radical (unpaired) electrons. The second-order valence-electron chi connectivity index (χ2n) is 6.87. The summed E-state index contributed by atoms with van der Waals surface area (Å²) in [6.07, 6.45) is 9.35. The number of aromatic nitrogens is 2. The normalized spacial score (nSPS) is 12.3. The van der Waals surface area contributed by atoms with Gasteiger partial charge in [-0.25, -0.2) is 4.98 Å². The Morgan fingerprint density at radius 1 is 1.33 bits per heavy atom. The standard InChI is InChI=1S/C22H31N5/c1-6-8-9-18(15-23-7-2)22-16-25-20-11-10-19(14-21(20)26-22)27(5)13-12-24-17(3)4/h7,9-11,14-17,24H,2,6,8,12-13H2,1,3-5H3/b18-9+,23-15-. The maximum atomic E-state index is 4.83. The number of nitrogens with one attached hydrogen (secondary N) is 1. The lowest BCUT2D eigenvalue weighted by atomic mass is 10.1. The molecule has 1 heterocycles. The van der Waals surface area contributed by atoms with Crippen molar-refractivity contribution in [3.63, 3.8) is 0 Å². The Kier molecular flexibility index (Phi) is 8.14. The van der Waals surface area contributed by atoms with Gasteiger partial charge >= 0.3 is 0 Å². The van der Waals surface area contributed by atoms with Crippen LogP contribution in [0.3, 0.4) is 0 Å². The van der Waals surface area contributed by atoms with Crippen molar-refractivity contribution in [1.82, 2.24) is 15.3 Å². The molecule has 0 aliphatic heterocycles. The van der Waals surface area contributed by atoms with Crippen molar-refractivity contribution < 1.29 is 0 Å². The molecule has 1 N–H and O–H groups in total. The minimum Gasteiger partial charge on any atom is -0.373 e. The summed E-state index contributed by atoms with van der Waals surface area (Å²) in [4.78, 5) is 15.8. The SMILES string of the molecule is C=C/N=C\C(=C/CCC)c1cnc2ccc(N(C)CCNC(C)C)cc2n1. The Balaban J connectivity index is 2.28. The topological polar surface area (TPSA) is 53.4 Å². The summed E-state index contributed by atoms with van der Waals surface area (Å²) in [6.45, 7) is 12.0. The van der Waals surface area contributed by atoms with Gasteiger partial charge in [0.05, 0.1) is 22.9 Å². The number of benzene rings is 1. The number of allylic oxidation sites excluding steroid dienone is 2. The van der Waals surface area contributed by atoms with Crippen LogP contribution >= 0.6 is 0 Å². The quantitative estimate of drug-likeness (QED) is 0.632. The third-order valence-electron chi connectivity index (χ3n) is 4.23. The van der Waals surface area contributed by atoms with Gasteiger partial charge in [0.15, 0.2) is 0 Å². The number of aliphatic imine (C=N–C) groups is 1. The van der Waals surface area contributed by atoms with Crippen LogP contribution in [-0.2, 0) is 0 Å². The van der Waals surface area contributed by atoms with E-state index in [1.807, 2.05) is 12.3 Å². The van der Waals surface area contributed by atoms with Gasteiger partial charge in [-0.1, -0.05) is 39.8 Å². The second-order valence-corrected chi connectivity index (χ2v) is 6.87. The molecule has 5 nitrogen and oxygen atoms in total. The summed E-state index contributed by atoms with van der Waals surface area (Å²) in [5.41, 5.74) is 4.74. The summed E-state index contributed by atoms with van der Waals surface area (Å²) in [6, 6.07) is 6.72. The van der Waals surface area contributed by atoms with E-state index in [2.05, 4.69) is 72.8 Å². The monoisotopic (exact) mass is 365 g/mol. The third-order valence-corrected chi connectivity index (χ3v) is 4.23. The first-order valence-corrected chi connectivity index (χ1v) is 9.61. The summed E-state index contributed by atoms with van der Waals surface area (Å²) >= 11 is 0. The smallest absolute Gasteiger partial charge is 0.0914 e. The summed E-state index contributed by atoms with van der Waals surface area (Å²) in [5, 5.41) is 3.45. The van der Waals surface area contributed by atoms with Crippen molar-refractivity contribution in [2.24, 2.45) is 4.99 Å². The molecule has 1 aromatic carbocycles. The number of anilines is 1. The first-order chi connectivity index (χ1) is 13.0. The molecule has 1 aromatic heterocycles. The molecule has 5 heteroatoms. The van der Waals surface area contributed by atoms with Crippen molar-refractivity contribution >= 4 is 28.5 Å². The van der Waals surface area contributed by atoms with Crippen molar-refractivity contribution in [2.75, 3.05) is 25.0 Å². The van der Waals surface area contributed by atoms with Crippen LogP contribution in [0.5, 0.6) is 0 Å². The van der Waals surface area contributed by atoms with Gasteiger partial charge in [0.25, 0.3) is 0 Å². The number of nitrogens with zero attached hydrogens (tertiary/aromatic N) is 4. The highest BCUT2D eigenvalue weighted by molar-refractivity contribution is 6.09. The Morgan fingerprint density at radius 2 is 2.15 bits per heavy atom. The highest BCUT2D eigenvalue weighted by Crippen LogP contribution is 2.21. The summed E-state index contributed by atoms with van der Waals surface area (Å²) in [7, 11) is 2.10. The van der Waals surface area contributed by atoms with Crippen LogP contribution in [-0.4, -0.2) is 42.4 Å². The van der Waals surface area contributed by atoms with Crippen LogP contribution < -0.4 is 10.2 Å². The van der Waals surface area contributed by atoms with Crippen LogP contribution in [0.15, 0.2) is 48.2 Å². The van der Waals surface area contributed by atoms with E-state index in [0.717, 1.165) is 53.9 Å². The molecule has 2 rings (SSSR count). The fourth-order valence-corrected chi connectivity index (χ4v) is 2.68. The van der Waals surface area contributed by atoms with Crippen molar-refractivity contribution in [2.45, 2.75) is 39.7 Å². The zero-order chi connectivity index (χ0) is 19.6. The van der Waals surface area contributed by atoms with E-state index in [4.69, 9.17) is 4.98 Å². The first-order valence-electron chi connectivity index (χ1n) is 9.61. The molecule has 0 saturated heterocycles. The van der Waals surface area contributed by atoms with Gasteiger partial charge in [-0.05, 0) is 24.6 Å². The van der Waals surface area contributed by atoms with Crippen molar-refractivity contribution in [1.29, 1.82) is 0 Å². The molecule has 0 atom stereocenters. The van der Waals surface area contributed by atoms with Gasteiger partial charge in [-0.2, -0.15) is 0 Å². The van der Waals surface area contributed by atoms with Crippen LogP contribution in [0, 0.1) is 0 Å². The lowest BCUT2D eigenvalue weighted by Crippen LogP contribution is -2.32. The molecule has 0 saturated carbocycles. The number of likely N-dealkylation sites (N-methyl/N-ethyl adjacent to an activating group) is 1. The average molecular weight is 366 g/mol. The molecular formula is C22H31N5. The fraction of sp³-hybridized carbons (Fsp3) is 0.409. The van der Waals surface area contributed by atoms with Crippen molar-refractivity contribution in [3.8, 4) is 0 Å². The lowest BCUT2D eigenvalue weighted by molar-refractivity contribution is 0.589. The van der Waals surface area contributed by atoms with Crippen LogP contribution in [0.2, 0.25) is 0 Å². The van der Waals surface area contributed by atoms with Crippen LogP contribution in [0.25, 0.3) is 16.6 Å². The van der Waals surface area contributed by atoms with Gasteiger partial charge in [-0.15, -0.1) is 0 Å². The molecule has 144 valence electrons. The molecule has 0 bridgehead atoms. The molecule has 0 amide bonds. The second kappa shape index (κ2) is 10.6. The highest BCUT2D eigenvalue weighted by atomic mass is 15.1. The predicted molar refractivity (Wildman–Crippen MR) is 118 cm³/mol. The van der Waals surface area contributed by atoms with Crippen molar-refractivity contribution in [3.05, 3.63) is 48.9 Å². The van der Waals surface area contributed by atoms with E-state index in [9.17, 15) is 0 Å². The Hall–Kier alpha value is -2.53. The Bertz CT molecular complexity index is 807. The van der Waals surface area contributed by atoms with Gasteiger partial charge in [0, 0.05) is 49.9 Å². The van der Waals surface area contributed by atoms with E-state index < -0.39 is 0 Å². The minimum atomic E-state index is 0.494. The van der Waals surface area contributed by atoms with E-state index >= 15 is 0 Å². The molecule has 27 heavy (non-hydrogen) atoms. The Morgan fingerprint density at radius 3 is 2.85 bits per heavy atom. The van der Waals surface area contributed by atoms with E-state index in [-0.39, 0.29) is 0 Å². The zero-order valence-electron chi connectivity index (χ0n) is 16.9. The fourth-order valence-electron chi connectivity index (χ4n) is 2.68. The zero-order valence-corrected chi connectivity index (χ0v) is 16.9. The number of rotatable bonds is 10. The maximum absolute atomic E-state index is 4.83. The largest absolute Gasteiger partial charge is 0.373 e.